The van der Waals surface area contributed by atoms with Crippen molar-refractivity contribution in [1.82, 2.24) is 9.88 Å². The van der Waals surface area contributed by atoms with E-state index in [0.29, 0.717) is 52.3 Å². The quantitative estimate of drug-likeness (QED) is 0.400. The number of benzene rings is 2. The average Bonchev–Trinajstić information content (AvgIpc) is 3.21. The molecule has 0 amide bonds. The zero-order chi connectivity index (χ0) is 22.1. The third kappa shape index (κ3) is 3.75. The van der Waals surface area contributed by atoms with Crippen molar-refractivity contribution in [1.29, 1.82) is 0 Å². The van der Waals surface area contributed by atoms with E-state index >= 15 is 0 Å². The van der Waals surface area contributed by atoms with E-state index in [-0.39, 0.29) is 11.2 Å². The van der Waals surface area contributed by atoms with E-state index in [0.717, 1.165) is 28.9 Å². The van der Waals surface area contributed by atoms with Crippen molar-refractivity contribution in [3.05, 3.63) is 57.4 Å². The lowest BCUT2D eigenvalue weighted by Crippen LogP contribution is -2.23. The second kappa shape index (κ2) is 8.81. The average molecular weight is 437 g/mol. The van der Waals surface area contributed by atoms with Crippen molar-refractivity contribution in [2.45, 2.75) is 47.1 Å². The highest BCUT2D eigenvalue weighted by Gasteiger charge is 2.23. The first-order valence-electron chi connectivity index (χ1n) is 10.9. The van der Waals surface area contributed by atoms with E-state index in [4.69, 9.17) is 9.40 Å². The molecule has 4 aromatic rings. The summed E-state index contributed by atoms with van der Waals surface area (Å²) < 4.78 is 7.40. The van der Waals surface area contributed by atoms with Crippen LogP contribution in [0.25, 0.3) is 31.8 Å². The second-order valence-corrected chi connectivity index (χ2v) is 8.65. The molecule has 0 radical (unpaired) electrons. The molecule has 1 N–H and O–H groups in total. The van der Waals surface area contributed by atoms with Gasteiger partial charge in [0.25, 0.3) is 0 Å². The van der Waals surface area contributed by atoms with Gasteiger partial charge in [-0.25, -0.2) is 4.98 Å². The van der Waals surface area contributed by atoms with Crippen LogP contribution in [0.1, 0.15) is 44.6 Å². The molecule has 0 aliphatic carbocycles. The van der Waals surface area contributed by atoms with E-state index in [1.54, 1.807) is 6.07 Å². The highest BCUT2D eigenvalue weighted by atomic mass is 32.1. The molecular formula is C25H28N2O3S. The normalized spacial score (nSPS) is 11.8. The lowest BCUT2D eigenvalue weighted by Gasteiger charge is -2.21. The standard InChI is InChI=1S/C25H28N2O3S/c1-5-15-13-16-23(29)21(25-26-18-11-9-10-12-20(18)31-25)19(6-2)30-24(16)17(22(15)28)14-27(7-3)8-4/h9-13,28H,5-8,14H2,1-4H3. The zero-order valence-electron chi connectivity index (χ0n) is 18.5. The van der Waals surface area contributed by atoms with Crippen LogP contribution >= 0.6 is 11.3 Å². The molecule has 2 aromatic heterocycles. The third-order valence-corrected chi connectivity index (χ3v) is 6.94. The van der Waals surface area contributed by atoms with Crippen molar-refractivity contribution >= 4 is 32.5 Å². The number of thiazole rings is 1. The van der Waals surface area contributed by atoms with Gasteiger partial charge in [0.15, 0.2) is 0 Å². The Labute approximate surface area is 186 Å². The number of hydrogen-bond acceptors (Lipinski definition) is 6. The number of para-hydroxylation sites is 1. The Balaban J connectivity index is 2.03. The van der Waals surface area contributed by atoms with Crippen LogP contribution in [-0.4, -0.2) is 28.1 Å². The molecule has 31 heavy (non-hydrogen) atoms. The molecule has 0 aliphatic rings. The van der Waals surface area contributed by atoms with E-state index in [9.17, 15) is 9.90 Å². The minimum absolute atomic E-state index is 0.0762. The first-order valence-corrected chi connectivity index (χ1v) is 11.8. The minimum atomic E-state index is -0.0762. The van der Waals surface area contributed by atoms with Gasteiger partial charge in [0.05, 0.1) is 26.7 Å². The number of hydrogen-bond donors (Lipinski definition) is 1. The van der Waals surface area contributed by atoms with Crippen molar-refractivity contribution in [2.24, 2.45) is 0 Å². The summed E-state index contributed by atoms with van der Waals surface area (Å²) in [6.07, 6.45) is 1.20. The molecule has 2 aromatic carbocycles. The monoisotopic (exact) mass is 436 g/mol. The van der Waals surface area contributed by atoms with Gasteiger partial charge >= 0.3 is 0 Å². The molecule has 162 valence electrons. The van der Waals surface area contributed by atoms with Crippen LogP contribution in [0.4, 0.5) is 0 Å². The van der Waals surface area contributed by atoms with Gasteiger partial charge in [0.2, 0.25) is 5.43 Å². The molecule has 0 spiro atoms. The van der Waals surface area contributed by atoms with Gasteiger partial charge in [-0.2, -0.15) is 0 Å². The predicted octanol–water partition coefficient (Wildman–Crippen LogP) is 5.74. The highest BCUT2D eigenvalue weighted by Crippen LogP contribution is 2.36. The van der Waals surface area contributed by atoms with Crippen LogP contribution in [0, 0.1) is 0 Å². The lowest BCUT2D eigenvalue weighted by atomic mass is 9.99. The Morgan fingerprint density at radius 1 is 1.10 bits per heavy atom. The Kier molecular flexibility index (Phi) is 6.12. The summed E-state index contributed by atoms with van der Waals surface area (Å²) in [6, 6.07) is 9.69. The summed E-state index contributed by atoms with van der Waals surface area (Å²) in [5.41, 5.74) is 3.30. The highest BCUT2D eigenvalue weighted by molar-refractivity contribution is 7.21. The van der Waals surface area contributed by atoms with E-state index in [1.807, 2.05) is 38.1 Å². The number of aryl methyl sites for hydroxylation is 2. The molecule has 0 saturated heterocycles. The van der Waals surface area contributed by atoms with Gasteiger partial charge < -0.3 is 9.52 Å². The maximum atomic E-state index is 13.8. The Morgan fingerprint density at radius 2 is 1.84 bits per heavy atom. The Bertz CT molecular complexity index is 1270. The van der Waals surface area contributed by atoms with Gasteiger partial charge in [0, 0.05) is 13.0 Å². The number of nitrogens with zero attached hydrogens (tertiary/aromatic N) is 2. The molecule has 0 atom stereocenters. The number of aromatic nitrogens is 1. The summed E-state index contributed by atoms with van der Waals surface area (Å²) in [4.78, 5) is 20.7. The lowest BCUT2D eigenvalue weighted by molar-refractivity contribution is 0.290. The summed E-state index contributed by atoms with van der Waals surface area (Å²) in [7, 11) is 0. The number of rotatable bonds is 7. The summed E-state index contributed by atoms with van der Waals surface area (Å²) in [5, 5.41) is 12.2. The second-order valence-electron chi connectivity index (χ2n) is 7.62. The van der Waals surface area contributed by atoms with Crippen LogP contribution in [0.2, 0.25) is 0 Å². The van der Waals surface area contributed by atoms with Crippen LogP contribution in [-0.2, 0) is 19.4 Å². The number of fused-ring (bicyclic) bond motifs is 2. The van der Waals surface area contributed by atoms with E-state index in [2.05, 4.69) is 18.7 Å². The van der Waals surface area contributed by atoms with Crippen molar-refractivity contribution in [3.8, 4) is 16.3 Å². The molecule has 5 nitrogen and oxygen atoms in total. The van der Waals surface area contributed by atoms with Crippen LogP contribution in [0.5, 0.6) is 5.75 Å². The van der Waals surface area contributed by atoms with Gasteiger partial charge in [-0.1, -0.05) is 39.8 Å². The first-order chi connectivity index (χ1) is 15.0. The minimum Gasteiger partial charge on any atom is -0.507 e. The van der Waals surface area contributed by atoms with Crippen LogP contribution in [0.3, 0.4) is 0 Å². The fourth-order valence-electron chi connectivity index (χ4n) is 4.02. The topological polar surface area (TPSA) is 66.6 Å². The van der Waals surface area contributed by atoms with E-state index < -0.39 is 0 Å². The summed E-state index contributed by atoms with van der Waals surface area (Å²) in [5.74, 6) is 0.848. The number of aromatic hydroxyl groups is 1. The molecule has 4 rings (SSSR count). The fraction of sp³-hybridized carbons (Fsp3) is 0.360. The third-order valence-electron chi connectivity index (χ3n) is 5.89. The maximum absolute atomic E-state index is 13.8. The number of phenolic OH excluding ortho intramolecular Hbond substituents is 1. The summed E-state index contributed by atoms with van der Waals surface area (Å²) in [6.45, 7) is 10.4. The van der Waals surface area contributed by atoms with Crippen LogP contribution in [0.15, 0.2) is 39.5 Å². The largest absolute Gasteiger partial charge is 0.507 e. The SMILES string of the molecule is CCc1cc2c(=O)c(-c3nc4ccccc4s3)c(CC)oc2c(CN(CC)CC)c1O. The zero-order valence-corrected chi connectivity index (χ0v) is 19.3. The molecule has 0 unspecified atom stereocenters. The van der Waals surface area contributed by atoms with E-state index in [1.165, 1.54) is 11.3 Å². The smallest absolute Gasteiger partial charge is 0.203 e. The van der Waals surface area contributed by atoms with Gasteiger partial charge in [-0.05, 0) is 43.3 Å². The molecule has 0 bridgehead atoms. The van der Waals surface area contributed by atoms with Crippen molar-refractivity contribution in [2.75, 3.05) is 13.1 Å². The molecule has 0 saturated carbocycles. The van der Waals surface area contributed by atoms with Crippen molar-refractivity contribution in [3.63, 3.8) is 0 Å². The Hall–Kier alpha value is -2.70. The number of phenols is 1. The van der Waals surface area contributed by atoms with Crippen molar-refractivity contribution < 1.29 is 9.52 Å². The first kappa shape index (κ1) is 21.5. The fourth-order valence-corrected chi connectivity index (χ4v) is 5.05. The maximum Gasteiger partial charge on any atom is 0.203 e. The van der Waals surface area contributed by atoms with Gasteiger partial charge in [-0.15, -0.1) is 11.3 Å². The molecule has 6 heteroatoms. The molecule has 0 aliphatic heterocycles. The summed E-state index contributed by atoms with van der Waals surface area (Å²) >= 11 is 1.51. The van der Waals surface area contributed by atoms with Crippen LogP contribution < -0.4 is 5.43 Å². The van der Waals surface area contributed by atoms with Gasteiger partial charge in [0.1, 0.15) is 22.1 Å². The molecular weight excluding hydrogens is 408 g/mol. The predicted molar refractivity (Wildman–Crippen MR) is 128 cm³/mol. The molecule has 2 heterocycles. The Morgan fingerprint density at radius 3 is 2.48 bits per heavy atom. The molecule has 0 fully saturated rings. The van der Waals surface area contributed by atoms with Gasteiger partial charge in [-0.3, -0.25) is 9.69 Å².